The molecule has 2 heterocycles. The molecule has 0 aliphatic carbocycles. The van der Waals surface area contributed by atoms with E-state index in [0.717, 1.165) is 40.3 Å². The van der Waals surface area contributed by atoms with Crippen LogP contribution in [-0.2, 0) is 6.54 Å². The van der Waals surface area contributed by atoms with Crippen LogP contribution in [0.15, 0.2) is 79.3 Å². The van der Waals surface area contributed by atoms with Gasteiger partial charge in [-0.05, 0) is 42.0 Å². The number of nitrogens with zero attached hydrogens (tertiary/aromatic N) is 4. The largest absolute Gasteiger partial charge is 0.340 e. The molecule has 0 bridgehead atoms. The Labute approximate surface area is 166 Å². The number of aromatic nitrogens is 4. The van der Waals surface area contributed by atoms with Crippen molar-refractivity contribution < 1.29 is 4.79 Å². The molecule has 0 aliphatic rings. The lowest BCUT2D eigenvalue weighted by Gasteiger charge is -2.09. The molecule has 0 atom stereocenters. The molecule has 0 unspecified atom stereocenters. The molecule has 140 valence electrons. The first-order valence-corrected chi connectivity index (χ1v) is 9.27. The number of anilines is 2. The highest BCUT2D eigenvalue weighted by Crippen LogP contribution is 2.26. The van der Waals surface area contributed by atoms with E-state index in [1.54, 1.807) is 12.1 Å². The third kappa shape index (κ3) is 3.32. The Morgan fingerprint density at radius 1 is 0.966 bits per heavy atom. The quantitative estimate of drug-likeness (QED) is 0.452. The Bertz CT molecular complexity index is 1330. The van der Waals surface area contributed by atoms with Crippen molar-refractivity contribution in [2.24, 2.45) is 0 Å². The Balaban J connectivity index is 1.47. The molecule has 0 spiro atoms. The van der Waals surface area contributed by atoms with Gasteiger partial charge in [-0.3, -0.25) is 9.48 Å². The first-order chi connectivity index (χ1) is 14.3. The molecule has 2 aromatic heterocycles. The number of benzene rings is 3. The van der Waals surface area contributed by atoms with Crippen LogP contribution in [-0.4, -0.2) is 26.0 Å². The van der Waals surface area contributed by atoms with Crippen LogP contribution in [0.25, 0.3) is 21.8 Å². The SMILES string of the molecule is O=Cc1ccc2ncnc(Nc3ccc4c(cnn4Cc4ccccc4)c3)c2c1. The minimum Gasteiger partial charge on any atom is -0.340 e. The molecule has 6 heteroatoms. The summed E-state index contributed by atoms with van der Waals surface area (Å²) in [5, 5.41) is 9.72. The average molecular weight is 379 g/mol. The maximum absolute atomic E-state index is 11.1. The van der Waals surface area contributed by atoms with Gasteiger partial charge in [-0.25, -0.2) is 9.97 Å². The second kappa shape index (κ2) is 7.16. The van der Waals surface area contributed by atoms with E-state index in [-0.39, 0.29) is 0 Å². The minimum absolute atomic E-state index is 0.591. The van der Waals surface area contributed by atoms with Crippen LogP contribution < -0.4 is 5.32 Å². The second-order valence-corrected chi connectivity index (χ2v) is 6.80. The maximum atomic E-state index is 11.1. The summed E-state index contributed by atoms with van der Waals surface area (Å²) in [6.45, 7) is 0.724. The molecular weight excluding hydrogens is 362 g/mol. The van der Waals surface area contributed by atoms with E-state index in [1.807, 2.05) is 53.3 Å². The van der Waals surface area contributed by atoms with Gasteiger partial charge in [-0.1, -0.05) is 30.3 Å². The van der Waals surface area contributed by atoms with Gasteiger partial charge >= 0.3 is 0 Å². The van der Waals surface area contributed by atoms with E-state index >= 15 is 0 Å². The molecular formula is C23H17N5O. The molecule has 0 radical (unpaired) electrons. The summed E-state index contributed by atoms with van der Waals surface area (Å²) < 4.78 is 1.99. The molecule has 5 aromatic rings. The predicted octanol–water partition coefficient (Wildman–Crippen LogP) is 4.58. The van der Waals surface area contributed by atoms with Crippen molar-refractivity contribution in [2.45, 2.75) is 6.54 Å². The van der Waals surface area contributed by atoms with Gasteiger partial charge < -0.3 is 5.32 Å². The van der Waals surface area contributed by atoms with Crippen molar-refractivity contribution in [2.75, 3.05) is 5.32 Å². The number of carbonyl (C=O) groups is 1. The fourth-order valence-electron chi connectivity index (χ4n) is 3.43. The summed E-state index contributed by atoms with van der Waals surface area (Å²) in [6, 6.07) is 21.7. The predicted molar refractivity (Wildman–Crippen MR) is 113 cm³/mol. The fourth-order valence-corrected chi connectivity index (χ4v) is 3.43. The summed E-state index contributed by atoms with van der Waals surface area (Å²) in [6.07, 6.45) is 4.21. The van der Waals surface area contributed by atoms with Gasteiger partial charge in [-0.15, -0.1) is 0 Å². The van der Waals surface area contributed by atoms with Crippen LogP contribution >= 0.6 is 0 Å². The lowest BCUT2D eigenvalue weighted by Crippen LogP contribution is -2.01. The zero-order valence-corrected chi connectivity index (χ0v) is 15.5. The second-order valence-electron chi connectivity index (χ2n) is 6.80. The molecule has 0 aliphatic heterocycles. The molecule has 0 saturated heterocycles. The van der Waals surface area contributed by atoms with Crippen molar-refractivity contribution in [3.05, 3.63) is 90.4 Å². The number of hydrogen-bond acceptors (Lipinski definition) is 5. The molecule has 6 nitrogen and oxygen atoms in total. The maximum Gasteiger partial charge on any atom is 0.150 e. The van der Waals surface area contributed by atoms with Gasteiger partial charge in [0.1, 0.15) is 18.4 Å². The highest BCUT2D eigenvalue weighted by molar-refractivity contribution is 5.95. The normalized spacial score (nSPS) is 11.0. The molecule has 0 amide bonds. The first kappa shape index (κ1) is 17.1. The van der Waals surface area contributed by atoms with Crippen LogP contribution in [0, 0.1) is 0 Å². The molecule has 0 fully saturated rings. The standard InChI is InChI=1S/C23H17N5O/c29-14-17-6-8-21-20(10-17)23(25-15-24-21)27-19-7-9-22-18(11-19)12-26-28(22)13-16-4-2-1-3-5-16/h1-12,14-15H,13H2,(H,24,25,27). The number of fused-ring (bicyclic) bond motifs is 2. The molecule has 5 rings (SSSR count). The van der Waals surface area contributed by atoms with Crippen molar-refractivity contribution in [1.82, 2.24) is 19.7 Å². The number of aldehydes is 1. The lowest BCUT2D eigenvalue weighted by molar-refractivity contribution is 0.112. The summed E-state index contributed by atoms with van der Waals surface area (Å²) in [5.74, 6) is 0.662. The van der Waals surface area contributed by atoms with Crippen LogP contribution in [0.3, 0.4) is 0 Å². The highest BCUT2D eigenvalue weighted by Gasteiger charge is 2.08. The van der Waals surface area contributed by atoms with Crippen molar-refractivity contribution in [3.8, 4) is 0 Å². The van der Waals surface area contributed by atoms with E-state index in [1.165, 1.54) is 11.9 Å². The number of carbonyl (C=O) groups excluding carboxylic acids is 1. The summed E-state index contributed by atoms with van der Waals surface area (Å²) >= 11 is 0. The number of nitrogens with one attached hydrogen (secondary N) is 1. The summed E-state index contributed by atoms with van der Waals surface area (Å²) in [4.78, 5) is 19.8. The number of rotatable bonds is 5. The smallest absolute Gasteiger partial charge is 0.150 e. The third-order valence-electron chi connectivity index (χ3n) is 4.88. The topological polar surface area (TPSA) is 72.7 Å². The Morgan fingerprint density at radius 2 is 1.86 bits per heavy atom. The molecule has 29 heavy (non-hydrogen) atoms. The van der Waals surface area contributed by atoms with Crippen LogP contribution in [0.1, 0.15) is 15.9 Å². The van der Waals surface area contributed by atoms with Gasteiger partial charge in [0.15, 0.2) is 0 Å². The Morgan fingerprint density at radius 3 is 2.72 bits per heavy atom. The Hall–Kier alpha value is -4.06. The molecule has 0 saturated carbocycles. The minimum atomic E-state index is 0.591. The van der Waals surface area contributed by atoms with Crippen LogP contribution in [0.5, 0.6) is 0 Å². The van der Waals surface area contributed by atoms with E-state index in [0.29, 0.717) is 11.4 Å². The van der Waals surface area contributed by atoms with Crippen molar-refractivity contribution >= 4 is 39.6 Å². The first-order valence-electron chi connectivity index (χ1n) is 9.27. The van der Waals surface area contributed by atoms with Crippen molar-refractivity contribution in [3.63, 3.8) is 0 Å². The van der Waals surface area contributed by atoms with Crippen LogP contribution in [0.4, 0.5) is 11.5 Å². The van der Waals surface area contributed by atoms with Gasteiger partial charge in [0, 0.05) is 22.0 Å². The van der Waals surface area contributed by atoms with Gasteiger partial charge in [0.25, 0.3) is 0 Å². The summed E-state index contributed by atoms with van der Waals surface area (Å²) in [7, 11) is 0. The number of hydrogen-bond donors (Lipinski definition) is 1. The zero-order chi connectivity index (χ0) is 19.6. The molecule has 3 aromatic carbocycles. The van der Waals surface area contributed by atoms with E-state index in [2.05, 4.69) is 32.5 Å². The van der Waals surface area contributed by atoms with Crippen molar-refractivity contribution in [1.29, 1.82) is 0 Å². The van der Waals surface area contributed by atoms with Gasteiger partial charge in [0.2, 0.25) is 0 Å². The summed E-state index contributed by atoms with van der Waals surface area (Å²) in [5.41, 5.74) is 4.54. The third-order valence-corrected chi connectivity index (χ3v) is 4.88. The van der Waals surface area contributed by atoms with Crippen LogP contribution in [0.2, 0.25) is 0 Å². The fraction of sp³-hybridized carbons (Fsp3) is 0.0435. The zero-order valence-electron chi connectivity index (χ0n) is 15.5. The molecule has 1 N–H and O–H groups in total. The van der Waals surface area contributed by atoms with Gasteiger partial charge in [0.05, 0.1) is 23.8 Å². The average Bonchev–Trinajstić information content (AvgIpc) is 3.16. The van der Waals surface area contributed by atoms with E-state index in [4.69, 9.17) is 0 Å². The Kier molecular flexibility index (Phi) is 4.22. The van der Waals surface area contributed by atoms with E-state index < -0.39 is 0 Å². The highest BCUT2D eigenvalue weighted by atomic mass is 16.1. The van der Waals surface area contributed by atoms with Gasteiger partial charge in [-0.2, -0.15) is 5.10 Å². The van der Waals surface area contributed by atoms with E-state index in [9.17, 15) is 4.79 Å². The monoisotopic (exact) mass is 379 g/mol. The lowest BCUT2D eigenvalue weighted by atomic mass is 10.1.